The van der Waals surface area contributed by atoms with Crippen molar-refractivity contribution in [3.05, 3.63) is 85.1 Å². The van der Waals surface area contributed by atoms with Gasteiger partial charge in [-0.05, 0) is 77.0 Å². The molecule has 12 atom stereocenters. The van der Waals surface area contributed by atoms with E-state index in [1.165, 1.54) is 289 Å². The van der Waals surface area contributed by atoms with Crippen molar-refractivity contribution in [2.45, 2.75) is 460 Å². The lowest BCUT2D eigenvalue weighted by Crippen LogP contribution is -2.65. The Morgan fingerprint density at radius 1 is 0.356 bits per heavy atom. The molecular formula is C90H163NO13. The number of unbranched alkanes of at least 4 members (excludes halogenated alkanes) is 49. The van der Waals surface area contributed by atoms with Crippen LogP contribution in [0.4, 0.5) is 0 Å². The molecule has 0 aromatic heterocycles. The highest BCUT2D eigenvalue weighted by atomic mass is 16.7. The Kier molecular flexibility index (Phi) is 68.3. The Balaban J connectivity index is 1.59. The van der Waals surface area contributed by atoms with Crippen LogP contribution < -0.4 is 5.32 Å². The van der Waals surface area contributed by atoms with Crippen molar-refractivity contribution in [3.8, 4) is 0 Å². The molecule has 2 fully saturated rings. The summed E-state index contributed by atoms with van der Waals surface area (Å²) in [4.78, 5) is 13.4. The number of aliphatic hydroxyl groups is 8. The van der Waals surface area contributed by atoms with Crippen LogP contribution in [0.5, 0.6) is 0 Å². The first-order valence-corrected chi connectivity index (χ1v) is 43.8. The topological polar surface area (TPSA) is 228 Å². The zero-order valence-corrected chi connectivity index (χ0v) is 66.8. The molecular weight excluding hydrogens is 1300 g/mol. The second-order valence-corrected chi connectivity index (χ2v) is 30.6. The van der Waals surface area contributed by atoms with Crippen LogP contribution in [0, 0.1) is 0 Å². The third-order valence-electron chi connectivity index (χ3n) is 21.1. The number of hydrogen-bond acceptors (Lipinski definition) is 13. The fraction of sp³-hybridized carbons (Fsp3) is 0.833. The fourth-order valence-corrected chi connectivity index (χ4v) is 14.2. The van der Waals surface area contributed by atoms with Crippen LogP contribution >= 0.6 is 0 Å². The Labute approximate surface area is 637 Å². The minimum atomic E-state index is -1.79. The number of rotatable bonds is 74. The van der Waals surface area contributed by atoms with Gasteiger partial charge in [-0.3, -0.25) is 4.79 Å². The van der Waals surface area contributed by atoms with Crippen molar-refractivity contribution < 1.29 is 64.6 Å². The third kappa shape index (κ3) is 54.7. The van der Waals surface area contributed by atoms with E-state index in [1.54, 1.807) is 6.08 Å². The number of ether oxygens (including phenoxy) is 4. The number of allylic oxidation sites excluding steroid dienone is 13. The maximum absolute atomic E-state index is 13.4. The molecule has 606 valence electrons. The molecule has 0 saturated carbocycles. The van der Waals surface area contributed by atoms with E-state index >= 15 is 0 Å². The standard InChI is InChI=1S/C90H163NO13/c1-3-5-7-9-11-13-15-17-19-21-23-25-27-29-31-33-35-37-38-39-40-42-44-46-48-50-52-54-56-58-60-62-64-66-68-70-72-74-82(95)91-78(77-101-89-87(100)85(98)88(81(76-93)103-89)104-90-86(99)84(97)83(96)80(75-92)102-90)79(94)73-71-69-67-65-63-61-59-57-55-53-51-49-47-45-43-41-36-34-32-30-28-26-24-22-20-18-16-14-12-10-8-6-4-2/h5,7,11,13,17,19,23,25,29,31,63,65,71,73,78-81,83-90,92-94,96-100H,3-4,6,8-10,12,14-16,18,20-22,24,26-28,30,32-62,64,66-70,72,74-77H2,1-2H3,(H,91,95)/b7-5-,13-11-,19-17-,25-23-,31-29-,65-63+,73-71+. The highest BCUT2D eigenvalue weighted by molar-refractivity contribution is 5.76. The Bertz CT molecular complexity index is 2080. The molecule has 2 aliphatic heterocycles. The Morgan fingerprint density at radius 3 is 1.06 bits per heavy atom. The first kappa shape index (κ1) is 97.2. The molecule has 9 N–H and O–H groups in total. The monoisotopic (exact) mass is 1470 g/mol. The van der Waals surface area contributed by atoms with Crippen LogP contribution in [-0.2, 0) is 23.7 Å². The summed E-state index contributed by atoms with van der Waals surface area (Å²) in [6.07, 6.45) is 87.0. The summed E-state index contributed by atoms with van der Waals surface area (Å²) in [5.74, 6) is -0.243. The number of nitrogens with one attached hydrogen (secondary N) is 1. The van der Waals surface area contributed by atoms with Crippen LogP contribution in [0.2, 0.25) is 0 Å². The SMILES string of the molecule is CC/C=C\C/C=C\C/C=C\C/C=C\C/C=C\CCCCCCCCCCCCCCCCCCCCCCCC(=O)NC(COC1OC(CO)C(OC2OC(CO)C(O)C(O)C2O)C(O)C1O)C(O)/C=C/CC/C=C/CCCCCCCCCCCCCCCCCCCCCCCCCCCCC. The van der Waals surface area contributed by atoms with Gasteiger partial charge >= 0.3 is 0 Å². The van der Waals surface area contributed by atoms with Gasteiger partial charge in [-0.1, -0.05) is 388 Å². The zero-order chi connectivity index (χ0) is 75.1. The van der Waals surface area contributed by atoms with Gasteiger partial charge < -0.3 is 65.1 Å². The molecule has 104 heavy (non-hydrogen) atoms. The molecule has 0 aromatic rings. The summed E-state index contributed by atoms with van der Waals surface area (Å²) in [5, 5.41) is 87.8. The molecule has 1 amide bonds. The minimum absolute atomic E-state index is 0.243. The molecule has 14 heteroatoms. The van der Waals surface area contributed by atoms with Crippen LogP contribution in [0.3, 0.4) is 0 Å². The molecule has 2 saturated heterocycles. The summed E-state index contributed by atoms with van der Waals surface area (Å²) >= 11 is 0. The third-order valence-corrected chi connectivity index (χ3v) is 21.1. The largest absolute Gasteiger partial charge is 0.394 e. The highest BCUT2D eigenvalue weighted by Gasteiger charge is 2.51. The van der Waals surface area contributed by atoms with E-state index in [0.717, 1.165) is 64.2 Å². The van der Waals surface area contributed by atoms with Gasteiger partial charge in [0, 0.05) is 6.42 Å². The fourth-order valence-electron chi connectivity index (χ4n) is 14.2. The zero-order valence-electron chi connectivity index (χ0n) is 66.8. The van der Waals surface area contributed by atoms with Gasteiger partial charge in [0.15, 0.2) is 12.6 Å². The molecule has 0 bridgehead atoms. The first-order valence-electron chi connectivity index (χ1n) is 43.8. The molecule has 0 aliphatic carbocycles. The van der Waals surface area contributed by atoms with Crippen LogP contribution in [0.25, 0.3) is 0 Å². The van der Waals surface area contributed by atoms with Gasteiger partial charge in [-0.2, -0.15) is 0 Å². The van der Waals surface area contributed by atoms with Crippen molar-refractivity contribution in [3.63, 3.8) is 0 Å². The lowest BCUT2D eigenvalue weighted by Gasteiger charge is -2.46. The number of amides is 1. The molecule has 2 aliphatic rings. The van der Waals surface area contributed by atoms with Gasteiger partial charge in [0.05, 0.1) is 32.0 Å². The summed E-state index contributed by atoms with van der Waals surface area (Å²) < 4.78 is 22.9. The van der Waals surface area contributed by atoms with E-state index in [4.69, 9.17) is 18.9 Å². The predicted octanol–water partition coefficient (Wildman–Crippen LogP) is 21.0. The number of carbonyl (C=O) groups excluding carboxylic acids is 1. The van der Waals surface area contributed by atoms with Crippen molar-refractivity contribution in [2.24, 2.45) is 0 Å². The summed E-state index contributed by atoms with van der Waals surface area (Å²) in [7, 11) is 0. The molecule has 2 rings (SSSR count). The quantitative estimate of drug-likeness (QED) is 0.0204. The molecule has 0 radical (unpaired) electrons. The van der Waals surface area contributed by atoms with E-state index in [-0.39, 0.29) is 18.9 Å². The van der Waals surface area contributed by atoms with Crippen molar-refractivity contribution in [2.75, 3.05) is 19.8 Å². The van der Waals surface area contributed by atoms with Crippen molar-refractivity contribution in [1.29, 1.82) is 0 Å². The molecule has 0 spiro atoms. The second kappa shape index (κ2) is 73.0. The molecule has 12 unspecified atom stereocenters. The van der Waals surface area contributed by atoms with Crippen molar-refractivity contribution >= 4 is 5.91 Å². The van der Waals surface area contributed by atoms with E-state index in [9.17, 15) is 45.6 Å². The lowest BCUT2D eigenvalue weighted by atomic mass is 9.97. The van der Waals surface area contributed by atoms with E-state index < -0.39 is 86.8 Å². The van der Waals surface area contributed by atoms with E-state index in [2.05, 4.69) is 92.1 Å². The Hall–Kier alpha value is -2.83. The number of carbonyl (C=O) groups is 1. The smallest absolute Gasteiger partial charge is 0.220 e. The van der Waals surface area contributed by atoms with Crippen molar-refractivity contribution in [1.82, 2.24) is 5.32 Å². The summed E-state index contributed by atoms with van der Waals surface area (Å²) in [5.41, 5.74) is 0. The first-order chi connectivity index (χ1) is 51.1. The maximum atomic E-state index is 13.4. The van der Waals surface area contributed by atoms with Crippen LogP contribution in [-0.4, -0.2) is 140 Å². The molecule has 14 nitrogen and oxygen atoms in total. The lowest BCUT2D eigenvalue weighted by molar-refractivity contribution is -0.359. The minimum Gasteiger partial charge on any atom is -0.394 e. The predicted molar refractivity (Wildman–Crippen MR) is 433 cm³/mol. The van der Waals surface area contributed by atoms with Gasteiger partial charge in [0.2, 0.25) is 5.91 Å². The molecule has 0 aromatic carbocycles. The van der Waals surface area contributed by atoms with Crippen LogP contribution in [0.15, 0.2) is 85.1 Å². The number of hydrogen-bond donors (Lipinski definition) is 9. The van der Waals surface area contributed by atoms with Gasteiger partial charge in [0.25, 0.3) is 0 Å². The average Bonchev–Trinajstić information content (AvgIpc) is 0.790. The summed E-state index contributed by atoms with van der Waals surface area (Å²) in [6, 6.07) is -0.936. The maximum Gasteiger partial charge on any atom is 0.220 e. The van der Waals surface area contributed by atoms with Crippen LogP contribution in [0.1, 0.15) is 386 Å². The van der Waals surface area contributed by atoms with Gasteiger partial charge in [-0.15, -0.1) is 0 Å². The molecule has 2 heterocycles. The normalized spacial score (nSPS) is 21.9. The van der Waals surface area contributed by atoms with E-state index in [0.29, 0.717) is 12.8 Å². The second-order valence-electron chi connectivity index (χ2n) is 30.6. The van der Waals surface area contributed by atoms with E-state index in [1.807, 2.05) is 6.08 Å². The average molecular weight is 1470 g/mol. The van der Waals surface area contributed by atoms with Gasteiger partial charge in [-0.25, -0.2) is 0 Å². The summed E-state index contributed by atoms with van der Waals surface area (Å²) in [6.45, 7) is 2.73. The number of aliphatic hydroxyl groups excluding tert-OH is 8. The Morgan fingerprint density at radius 2 is 0.673 bits per heavy atom. The van der Waals surface area contributed by atoms with Gasteiger partial charge in [0.1, 0.15) is 48.8 Å². The highest BCUT2D eigenvalue weighted by Crippen LogP contribution is 2.30.